The number of aryl methyl sites for hydroxylation is 2. The minimum absolute atomic E-state index is 0.118. The van der Waals surface area contributed by atoms with E-state index in [0.717, 1.165) is 24.6 Å². The molecule has 1 fully saturated rings. The molecule has 0 aliphatic carbocycles. The zero-order valence-corrected chi connectivity index (χ0v) is 13.5. The smallest absolute Gasteiger partial charge is 0.357 e. The molecule has 2 aromatic rings. The summed E-state index contributed by atoms with van der Waals surface area (Å²) >= 11 is 0. The molecule has 1 saturated heterocycles. The molecule has 0 aromatic carbocycles. The predicted octanol–water partition coefficient (Wildman–Crippen LogP) is 3.10. The molecule has 0 radical (unpaired) electrons. The molecule has 1 N–H and O–H groups in total. The second-order valence-corrected chi connectivity index (χ2v) is 6.22. The lowest BCUT2D eigenvalue weighted by molar-refractivity contribution is -0.141. The molecule has 0 bridgehead atoms. The second kappa shape index (κ2) is 5.99. The van der Waals surface area contributed by atoms with E-state index in [2.05, 4.69) is 9.97 Å². The van der Waals surface area contributed by atoms with Gasteiger partial charge in [0.2, 0.25) is 0 Å². The number of piperidine rings is 1. The first-order valence-electron chi connectivity index (χ1n) is 7.81. The van der Waals surface area contributed by atoms with Gasteiger partial charge in [-0.1, -0.05) is 0 Å². The molecule has 24 heavy (non-hydrogen) atoms. The highest BCUT2D eigenvalue weighted by atomic mass is 19.4. The maximum absolute atomic E-state index is 12.8. The van der Waals surface area contributed by atoms with Gasteiger partial charge >= 0.3 is 6.18 Å². The average molecular weight is 340 g/mol. The van der Waals surface area contributed by atoms with Crippen LogP contribution in [-0.2, 0) is 13.2 Å². The number of aromatic amines is 1. The number of imidazole rings is 1. The van der Waals surface area contributed by atoms with Crippen LogP contribution in [0.4, 0.5) is 13.2 Å². The summed E-state index contributed by atoms with van der Waals surface area (Å²) in [5.41, 5.74) is 0.508. The lowest BCUT2D eigenvalue weighted by Gasteiger charge is -2.32. The van der Waals surface area contributed by atoms with Crippen molar-refractivity contribution in [3.63, 3.8) is 0 Å². The van der Waals surface area contributed by atoms with Crippen LogP contribution in [0, 0.1) is 6.92 Å². The SMILES string of the molecule is Cc1cc[nH]c1C(=O)N1CCCC(c2nc(C(F)(F)F)cn2C)C1. The number of carbonyl (C=O) groups excluding carboxylic acids is 1. The number of H-pyrrole nitrogens is 1. The number of amides is 1. The van der Waals surface area contributed by atoms with Crippen molar-refractivity contribution in [2.75, 3.05) is 13.1 Å². The van der Waals surface area contributed by atoms with Crippen LogP contribution in [0.1, 0.15) is 46.3 Å². The predicted molar refractivity (Wildman–Crippen MR) is 81.6 cm³/mol. The summed E-state index contributed by atoms with van der Waals surface area (Å²) in [6, 6.07) is 1.82. The lowest BCUT2D eigenvalue weighted by atomic mass is 9.96. The lowest BCUT2D eigenvalue weighted by Crippen LogP contribution is -2.40. The molecule has 1 aliphatic rings. The maximum atomic E-state index is 12.8. The third-order valence-corrected chi connectivity index (χ3v) is 4.45. The Morgan fingerprint density at radius 2 is 2.17 bits per heavy atom. The standard InChI is InChI=1S/C16H19F3N4O/c1-10-5-6-20-13(10)15(24)23-7-3-4-11(8-23)14-21-12(9-22(14)2)16(17,18)19/h5-6,9,11,20H,3-4,7-8H2,1-2H3. The van der Waals surface area contributed by atoms with Crippen LogP contribution < -0.4 is 0 Å². The van der Waals surface area contributed by atoms with Gasteiger partial charge in [-0.25, -0.2) is 4.98 Å². The van der Waals surface area contributed by atoms with E-state index in [-0.39, 0.29) is 11.8 Å². The number of carbonyl (C=O) groups is 1. The molecule has 1 amide bonds. The summed E-state index contributed by atoms with van der Waals surface area (Å²) in [7, 11) is 1.56. The van der Waals surface area contributed by atoms with Crippen molar-refractivity contribution in [3.05, 3.63) is 41.2 Å². The third-order valence-electron chi connectivity index (χ3n) is 4.45. The zero-order chi connectivity index (χ0) is 17.5. The van der Waals surface area contributed by atoms with Crippen molar-refractivity contribution in [3.8, 4) is 0 Å². The topological polar surface area (TPSA) is 53.9 Å². The number of nitrogens with one attached hydrogen (secondary N) is 1. The van der Waals surface area contributed by atoms with E-state index in [1.54, 1.807) is 18.1 Å². The van der Waals surface area contributed by atoms with Crippen LogP contribution in [0.15, 0.2) is 18.5 Å². The van der Waals surface area contributed by atoms with Crippen molar-refractivity contribution in [2.24, 2.45) is 7.05 Å². The highest BCUT2D eigenvalue weighted by Crippen LogP contribution is 2.32. The van der Waals surface area contributed by atoms with Crippen LogP contribution in [0.2, 0.25) is 0 Å². The van der Waals surface area contributed by atoms with Gasteiger partial charge < -0.3 is 14.5 Å². The number of likely N-dealkylation sites (tertiary alicyclic amines) is 1. The van der Waals surface area contributed by atoms with Gasteiger partial charge in [0.05, 0.1) is 0 Å². The van der Waals surface area contributed by atoms with E-state index in [9.17, 15) is 18.0 Å². The average Bonchev–Trinajstić information content (AvgIpc) is 3.12. The Hall–Kier alpha value is -2.25. The van der Waals surface area contributed by atoms with Crippen molar-refractivity contribution in [1.82, 2.24) is 19.4 Å². The van der Waals surface area contributed by atoms with E-state index >= 15 is 0 Å². The first-order valence-corrected chi connectivity index (χ1v) is 7.81. The fourth-order valence-corrected chi connectivity index (χ4v) is 3.20. The van der Waals surface area contributed by atoms with Crippen molar-refractivity contribution >= 4 is 5.91 Å². The van der Waals surface area contributed by atoms with E-state index in [4.69, 9.17) is 0 Å². The van der Waals surface area contributed by atoms with Crippen molar-refractivity contribution < 1.29 is 18.0 Å². The van der Waals surface area contributed by atoms with Gasteiger partial charge in [0.15, 0.2) is 5.69 Å². The largest absolute Gasteiger partial charge is 0.434 e. The highest BCUT2D eigenvalue weighted by molar-refractivity contribution is 5.93. The maximum Gasteiger partial charge on any atom is 0.434 e. The van der Waals surface area contributed by atoms with E-state index in [1.807, 2.05) is 13.0 Å². The van der Waals surface area contributed by atoms with Gasteiger partial charge in [-0.05, 0) is 31.4 Å². The Morgan fingerprint density at radius 1 is 1.42 bits per heavy atom. The number of aromatic nitrogens is 3. The molecule has 2 aromatic heterocycles. The quantitative estimate of drug-likeness (QED) is 0.913. The van der Waals surface area contributed by atoms with Crippen LogP contribution >= 0.6 is 0 Å². The third kappa shape index (κ3) is 3.05. The Bertz CT molecular complexity index is 747. The van der Waals surface area contributed by atoms with Crippen molar-refractivity contribution in [2.45, 2.75) is 31.9 Å². The molecule has 3 heterocycles. The van der Waals surface area contributed by atoms with E-state index < -0.39 is 11.9 Å². The summed E-state index contributed by atoms with van der Waals surface area (Å²) in [6.45, 7) is 2.82. The fourth-order valence-electron chi connectivity index (χ4n) is 3.20. The summed E-state index contributed by atoms with van der Waals surface area (Å²) < 4.78 is 39.9. The Kier molecular flexibility index (Phi) is 4.15. The summed E-state index contributed by atoms with van der Waals surface area (Å²) in [5.74, 6) is 0.0644. The summed E-state index contributed by atoms with van der Waals surface area (Å²) in [5, 5.41) is 0. The van der Waals surface area contributed by atoms with Gasteiger partial charge in [-0.15, -0.1) is 0 Å². The van der Waals surface area contributed by atoms with Gasteiger partial charge in [0, 0.05) is 38.4 Å². The molecule has 0 spiro atoms. The number of nitrogens with zero attached hydrogens (tertiary/aromatic N) is 3. The minimum atomic E-state index is -4.46. The molecule has 1 atom stereocenters. The number of hydrogen-bond acceptors (Lipinski definition) is 2. The second-order valence-electron chi connectivity index (χ2n) is 6.22. The molecule has 8 heteroatoms. The zero-order valence-electron chi connectivity index (χ0n) is 13.5. The van der Waals surface area contributed by atoms with Crippen LogP contribution in [0.3, 0.4) is 0 Å². The van der Waals surface area contributed by atoms with Crippen LogP contribution in [-0.4, -0.2) is 38.4 Å². The number of alkyl halides is 3. The highest BCUT2D eigenvalue weighted by Gasteiger charge is 2.36. The number of halogens is 3. The first kappa shape index (κ1) is 16.6. The van der Waals surface area contributed by atoms with Gasteiger partial charge in [-0.2, -0.15) is 13.2 Å². The Balaban J connectivity index is 1.80. The first-order chi connectivity index (χ1) is 11.3. The molecule has 130 valence electrons. The normalized spacial score (nSPS) is 18.9. The summed E-state index contributed by atoms with van der Waals surface area (Å²) in [4.78, 5) is 21.0. The van der Waals surface area contributed by atoms with E-state index in [1.165, 1.54) is 4.57 Å². The van der Waals surface area contributed by atoms with Gasteiger partial charge in [0.1, 0.15) is 11.5 Å². The van der Waals surface area contributed by atoms with Crippen molar-refractivity contribution in [1.29, 1.82) is 0 Å². The minimum Gasteiger partial charge on any atom is -0.357 e. The number of hydrogen-bond donors (Lipinski definition) is 1. The van der Waals surface area contributed by atoms with Crippen LogP contribution in [0.25, 0.3) is 0 Å². The molecule has 3 rings (SSSR count). The Labute approximate surface area is 137 Å². The van der Waals surface area contributed by atoms with Crippen LogP contribution in [0.5, 0.6) is 0 Å². The monoisotopic (exact) mass is 340 g/mol. The molecule has 1 aliphatic heterocycles. The molecule has 1 unspecified atom stereocenters. The number of rotatable bonds is 2. The fraction of sp³-hybridized carbons (Fsp3) is 0.500. The molecular weight excluding hydrogens is 321 g/mol. The van der Waals surface area contributed by atoms with Gasteiger partial charge in [0.25, 0.3) is 5.91 Å². The molecule has 5 nitrogen and oxygen atoms in total. The Morgan fingerprint density at radius 3 is 2.75 bits per heavy atom. The van der Waals surface area contributed by atoms with Gasteiger partial charge in [-0.3, -0.25) is 4.79 Å². The molecule has 0 saturated carbocycles. The summed E-state index contributed by atoms with van der Waals surface area (Å²) in [6.07, 6.45) is -0.287. The van der Waals surface area contributed by atoms with E-state index in [0.29, 0.717) is 24.6 Å². The molecular formula is C16H19F3N4O.